The second-order valence-corrected chi connectivity index (χ2v) is 4.92. The summed E-state index contributed by atoms with van der Waals surface area (Å²) in [5.41, 5.74) is 1.00. The molecule has 5 nitrogen and oxygen atoms in total. The molecule has 2 aliphatic heterocycles. The summed E-state index contributed by atoms with van der Waals surface area (Å²) in [6.07, 6.45) is 5.59. The molecule has 0 N–H and O–H groups in total. The minimum Gasteiger partial charge on any atom is -0.482 e. The first-order chi connectivity index (χ1) is 9.10. The fraction of sp³-hybridized carbons (Fsp3) is 0.643. The monoisotopic (exact) mass is 266 g/mol. The third-order valence-corrected chi connectivity index (χ3v) is 3.80. The summed E-state index contributed by atoms with van der Waals surface area (Å²) in [6.45, 7) is 4.28. The van der Waals surface area contributed by atoms with Crippen molar-refractivity contribution in [3.63, 3.8) is 0 Å². The topological polar surface area (TPSA) is 42.0 Å². The molecule has 2 heterocycles. The van der Waals surface area contributed by atoms with E-state index in [4.69, 9.17) is 9.47 Å². The van der Waals surface area contributed by atoms with Gasteiger partial charge in [-0.1, -0.05) is 0 Å². The molecule has 1 fully saturated rings. The SMILES string of the molecule is CCOC(=O)N1C2=CC=C(OC)N(C)C2CC[C@H]1C. The number of likely N-dealkylation sites (N-methyl/N-ethyl adjacent to an activating group) is 1. The van der Waals surface area contributed by atoms with E-state index in [9.17, 15) is 4.79 Å². The summed E-state index contributed by atoms with van der Waals surface area (Å²) >= 11 is 0. The van der Waals surface area contributed by atoms with Crippen LogP contribution in [0.2, 0.25) is 0 Å². The van der Waals surface area contributed by atoms with Gasteiger partial charge in [0.15, 0.2) is 5.88 Å². The van der Waals surface area contributed by atoms with Gasteiger partial charge in [0.2, 0.25) is 0 Å². The summed E-state index contributed by atoms with van der Waals surface area (Å²) in [6, 6.07) is 0.355. The first-order valence-corrected chi connectivity index (χ1v) is 6.74. The van der Waals surface area contributed by atoms with E-state index < -0.39 is 0 Å². The van der Waals surface area contributed by atoms with Crippen molar-refractivity contribution in [1.29, 1.82) is 0 Å². The molecule has 19 heavy (non-hydrogen) atoms. The van der Waals surface area contributed by atoms with Crippen LogP contribution in [-0.4, -0.2) is 48.7 Å². The number of carbonyl (C=O) groups is 1. The van der Waals surface area contributed by atoms with Crippen LogP contribution >= 0.6 is 0 Å². The van der Waals surface area contributed by atoms with Gasteiger partial charge in [-0.3, -0.25) is 4.90 Å². The summed E-state index contributed by atoms with van der Waals surface area (Å²) in [5, 5.41) is 0. The van der Waals surface area contributed by atoms with Gasteiger partial charge in [0, 0.05) is 18.8 Å². The van der Waals surface area contributed by atoms with Gasteiger partial charge in [-0.05, 0) is 38.8 Å². The number of hydrogen-bond acceptors (Lipinski definition) is 4. The molecule has 5 heteroatoms. The largest absolute Gasteiger partial charge is 0.482 e. The average molecular weight is 266 g/mol. The summed E-state index contributed by atoms with van der Waals surface area (Å²) in [5.74, 6) is 0.826. The zero-order valence-electron chi connectivity index (χ0n) is 12.0. The van der Waals surface area contributed by atoms with Crippen LogP contribution in [0.4, 0.5) is 4.79 Å². The molecular weight excluding hydrogens is 244 g/mol. The van der Waals surface area contributed by atoms with Gasteiger partial charge in [-0.15, -0.1) is 0 Å². The van der Waals surface area contributed by atoms with E-state index in [1.165, 1.54) is 0 Å². The molecule has 0 saturated carbocycles. The van der Waals surface area contributed by atoms with Crippen molar-refractivity contribution >= 4 is 6.09 Å². The Morgan fingerprint density at radius 2 is 2.16 bits per heavy atom. The van der Waals surface area contributed by atoms with Crippen molar-refractivity contribution in [3.8, 4) is 0 Å². The van der Waals surface area contributed by atoms with E-state index in [0.29, 0.717) is 6.61 Å². The van der Waals surface area contributed by atoms with E-state index in [2.05, 4.69) is 11.8 Å². The smallest absolute Gasteiger partial charge is 0.414 e. The molecule has 106 valence electrons. The molecule has 1 amide bonds. The van der Waals surface area contributed by atoms with E-state index in [-0.39, 0.29) is 18.2 Å². The molecule has 0 aromatic rings. The number of ether oxygens (including phenoxy) is 2. The van der Waals surface area contributed by atoms with E-state index in [0.717, 1.165) is 24.4 Å². The highest BCUT2D eigenvalue weighted by molar-refractivity contribution is 5.71. The highest BCUT2D eigenvalue weighted by atomic mass is 16.6. The van der Waals surface area contributed by atoms with Crippen molar-refractivity contribution in [2.24, 2.45) is 0 Å². The van der Waals surface area contributed by atoms with E-state index >= 15 is 0 Å². The zero-order valence-corrected chi connectivity index (χ0v) is 12.0. The summed E-state index contributed by atoms with van der Waals surface area (Å²) in [7, 11) is 3.65. The fourth-order valence-electron chi connectivity index (χ4n) is 2.79. The minimum absolute atomic E-state index is 0.174. The molecule has 2 rings (SSSR count). The van der Waals surface area contributed by atoms with Gasteiger partial charge in [-0.2, -0.15) is 0 Å². The van der Waals surface area contributed by atoms with Gasteiger partial charge in [0.05, 0.1) is 19.8 Å². The lowest BCUT2D eigenvalue weighted by molar-refractivity contribution is 0.0675. The van der Waals surface area contributed by atoms with Gasteiger partial charge in [-0.25, -0.2) is 4.79 Å². The quantitative estimate of drug-likeness (QED) is 0.769. The lowest BCUT2D eigenvalue weighted by Crippen LogP contribution is -2.51. The van der Waals surface area contributed by atoms with Crippen LogP contribution in [0.3, 0.4) is 0 Å². The molecule has 2 atom stereocenters. The zero-order chi connectivity index (χ0) is 14.0. The van der Waals surface area contributed by atoms with E-state index in [1.54, 1.807) is 12.0 Å². The average Bonchev–Trinajstić information content (AvgIpc) is 2.39. The van der Waals surface area contributed by atoms with Gasteiger partial charge in [0.25, 0.3) is 0 Å². The van der Waals surface area contributed by atoms with Gasteiger partial charge >= 0.3 is 6.09 Å². The Balaban J connectivity index is 2.30. The maximum Gasteiger partial charge on any atom is 0.414 e. The number of methoxy groups -OCH3 is 1. The normalized spacial score (nSPS) is 26.3. The second-order valence-electron chi connectivity index (χ2n) is 4.92. The maximum absolute atomic E-state index is 12.1. The minimum atomic E-state index is -0.256. The Kier molecular flexibility index (Phi) is 4.02. The molecule has 0 spiro atoms. The van der Waals surface area contributed by atoms with Crippen LogP contribution in [-0.2, 0) is 9.47 Å². The first kappa shape index (κ1) is 13.8. The molecule has 1 unspecified atom stereocenters. The van der Waals surface area contributed by atoms with Crippen LogP contribution < -0.4 is 0 Å². The molecule has 2 aliphatic rings. The lowest BCUT2D eigenvalue weighted by Gasteiger charge is -2.45. The molecule has 0 aromatic heterocycles. The van der Waals surface area contributed by atoms with Crippen LogP contribution in [0, 0.1) is 0 Å². The van der Waals surface area contributed by atoms with Gasteiger partial charge in [0.1, 0.15) is 0 Å². The number of rotatable bonds is 2. The van der Waals surface area contributed by atoms with Crippen LogP contribution in [0.1, 0.15) is 26.7 Å². The van der Waals surface area contributed by atoms with Crippen molar-refractivity contribution in [1.82, 2.24) is 9.80 Å². The first-order valence-electron chi connectivity index (χ1n) is 6.74. The fourth-order valence-corrected chi connectivity index (χ4v) is 2.79. The van der Waals surface area contributed by atoms with Crippen molar-refractivity contribution in [2.75, 3.05) is 20.8 Å². The lowest BCUT2D eigenvalue weighted by atomic mass is 9.93. The number of carbonyl (C=O) groups excluding carboxylic acids is 1. The predicted octanol–water partition coefficient (Wildman–Crippen LogP) is 2.31. The summed E-state index contributed by atoms with van der Waals surface area (Å²) in [4.78, 5) is 16.0. The Morgan fingerprint density at radius 1 is 1.42 bits per heavy atom. The Labute approximate surface area is 114 Å². The molecule has 0 aromatic carbocycles. The second kappa shape index (κ2) is 5.55. The standard InChI is InChI=1S/C14H22N2O3/c1-5-19-14(17)16-10(2)6-7-11-12(16)8-9-13(18-4)15(11)3/h8-11H,5-7H2,1-4H3/t10-,11?/m1/s1. The Bertz CT molecular complexity index is 417. The number of likely N-dealkylation sites (tertiary alicyclic amines) is 1. The Morgan fingerprint density at radius 3 is 2.79 bits per heavy atom. The van der Waals surface area contributed by atoms with Crippen LogP contribution in [0.5, 0.6) is 0 Å². The molecule has 0 aliphatic carbocycles. The third-order valence-electron chi connectivity index (χ3n) is 3.80. The number of hydrogen-bond donors (Lipinski definition) is 0. The molecule has 0 bridgehead atoms. The van der Waals surface area contributed by atoms with E-state index in [1.807, 2.05) is 26.1 Å². The number of allylic oxidation sites excluding steroid dienone is 2. The molecular formula is C14H22N2O3. The molecule has 0 radical (unpaired) electrons. The number of fused-ring (bicyclic) bond motifs is 1. The van der Waals surface area contributed by atoms with Crippen LogP contribution in [0.15, 0.2) is 23.7 Å². The number of piperidine rings is 1. The number of nitrogens with zero attached hydrogens (tertiary/aromatic N) is 2. The maximum atomic E-state index is 12.1. The predicted molar refractivity (Wildman–Crippen MR) is 72.3 cm³/mol. The Hall–Kier alpha value is -1.65. The molecule has 1 saturated heterocycles. The number of amides is 1. The third kappa shape index (κ3) is 2.41. The van der Waals surface area contributed by atoms with Crippen LogP contribution in [0.25, 0.3) is 0 Å². The summed E-state index contributed by atoms with van der Waals surface area (Å²) < 4.78 is 10.5. The van der Waals surface area contributed by atoms with Crippen molar-refractivity contribution in [3.05, 3.63) is 23.7 Å². The highest BCUT2D eigenvalue weighted by Gasteiger charge is 2.38. The van der Waals surface area contributed by atoms with Crippen molar-refractivity contribution < 1.29 is 14.3 Å². The van der Waals surface area contributed by atoms with Gasteiger partial charge < -0.3 is 14.4 Å². The highest BCUT2D eigenvalue weighted by Crippen LogP contribution is 2.34. The van der Waals surface area contributed by atoms with Crippen molar-refractivity contribution in [2.45, 2.75) is 38.8 Å².